The normalized spacial score (nSPS) is 17.2. The lowest BCUT2D eigenvalue weighted by atomic mass is 10.1. The summed E-state index contributed by atoms with van der Waals surface area (Å²) in [5, 5.41) is 0. The molecule has 1 aliphatic rings. The minimum Gasteiger partial charge on any atom is -0.389 e. The molecule has 1 aromatic rings. The highest BCUT2D eigenvalue weighted by Gasteiger charge is 2.21. The second kappa shape index (κ2) is 5.63. The van der Waals surface area contributed by atoms with E-state index in [0.717, 1.165) is 37.4 Å². The van der Waals surface area contributed by atoms with Crippen molar-refractivity contribution in [1.29, 1.82) is 0 Å². The molecule has 1 fully saturated rings. The van der Waals surface area contributed by atoms with E-state index < -0.39 is 0 Å². The van der Waals surface area contributed by atoms with Crippen LogP contribution in [0.25, 0.3) is 0 Å². The van der Waals surface area contributed by atoms with Gasteiger partial charge in [-0.2, -0.15) is 0 Å². The first-order valence-electron chi connectivity index (χ1n) is 6.32. The van der Waals surface area contributed by atoms with Gasteiger partial charge in [-0.3, -0.25) is 9.88 Å². The number of thiocarbonyl (C=S) groups is 1. The zero-order chi connectivity index (χ0) is 13.1. The fourth-order valence-electron chi connectivity index (χ4n) is 2.33. The van der Waals surface area contributed by atoms with Crippen LogP contribution in [0.3, 0.4) is 0 Å². The third kappa shape index (κ3) is 2.79. The molecule has 0 bridgehead atoms. The van der Waals surface area contributed by atoms with Crippen LogP contribution in [0.2, 0.25) is 0 Å². The fourth-order valence-corrected chi connectivity index (χ4v) is 2.50. The fraction of sp³-hybridized carbons (Fsp3) is 0.538. The van der Waals surface area contributed by atoms with E-state index in [1.165, 1.54) is 0 Å². The molecular weight excluding hydrogens is 244 g/mol. The van der Waals surface area contributed by atoms with Crippen LogP contribution in [0.5, 0.6) is 0 Å². The van der Waals surface area contributed by atoms with Gasteiger partial charge in [0, 0.05) is 44.0 Å². The van der Waals surface area contributed by atoms with Gasteiger partial charge in [-0.1, -0.05) is 12.2 Å². The summed E-state index contributed by atoms with van der Waals surface area (Å²) in [6.45, 7) is 8.62. The third-order valence-electron chi connectivity index (χ3n) is 3.45. The Hall–Kier alpha value is -1.20. The molecule has 0 spiro atoms. The standard InChI is InChI=1S/C13H20N4S/c1-10(2)16-5-7-17(8-6-16)12-9-15-4-3-11(12)13(14)18/h3-4,9-10H,5-8H2,1-2H3,(H2,14,18). The van der Waals surface area contributed by atoms with Crippen LogP contribution in [0.4, 0.5) is 5.69 Å². The van der Waals surface area contributed by atoms with Crippen LogP contribution in [0.1, 0.15) is 19.4 Å². The Labute approximate surface area is 114 Å². The Morgan fingerprint density at radius 1 is 1.33 bits per heavy atom. The summed E-state index contributed by atoms with van der Waals surface area (Å²) in [7, 11) is 0. The molecule has 1 aliphatic heterocycles. The predicted octanol–water partition coefficient (Wildman–Crippen LogP) is 1.25. The molecule has 0 radical (unpaired) electrons. The molecular formula is C13H20N4S. The van der Waals surface area contributed by atoms with Crippen LogP contribution in [0.15, 0.2) is 18.5 Å². The van der Waals surface area contributed by atoms with Gasteiger partial charge in [0.2, 0.25) is 0 Å². The summed E-state index contributed by atoms with van der Waals surface area (Å²) in [6.07, 6.45) is 3.60. The van der Waals surface area contributed by atoms with Crippen molar-refractivity contribution in [1.82, 2.24) is 9.88 Å². The van der Waals surface area contributed by atoms with Crippen LogP contribution >= 0.6 is 12.2 Å². The highest BCUT2D eigenvalue weighted by molar-refractivity contribution is 7.80. The lowest BCUT2D eigenvalue weighted by Crippen LogP contribution is -2.49. The van der Waals surface area contributed by atoms with Gasteiger partial charge in [-0.15, -0.1) is 0 Å². The predicted molar refractivity (Wildman–Crippen MR) is 79.0 cm³/mol. The molecule has 0 saturated carbocycles. The molecule has 4 nitrogen and oxygen atoms in total. The summed E-state index contributed by atoms with van der Waals surface area (Å²) >= 11 is 5.10. The first-order valence-corrected chi connectivity index (χ1v) is 6.73. The molecule has 0 atom stereocenters. The lowest BCUT2D eigenvalue weighted by Gasteiger charge is -2.38. The average Bonchev–Trinajstić information content (AvgIpc) is 2.39. The van der Waals surface area contributed by atoms with E-state index in [-0.39, 0.29) is 0 Å². The van der Waals surface area contributed by atoms with Gasteiger partial charge >= 0.3 is 0 Å². The Balaban J connectivity index is 2.12. The van der Waals surface area contributed by atoms with Crippen molar-refractivity contribution in [2.75, 3.05) is 31.1 Å². The van der Waals surface area contributed by atoms with Crippen molar-refractivity contribution in [2.45, 2.75) is 19.9 Å². The number of pyridine rings is 1. The molecule has 2 heterocycles. The van der Waals surface area contributed by atoms with Crippen LogP contribution in [0, 0.1) is 0 Å². The molecule has 2 N–H and O–H groups in total. The number of nitrogens with two attached hydrogens (primary N) is 1. The molecule has 98 valence electrons. The summed E-state index contributed by atoms with van der Waals surface area (Å²) in [5.41, 5.74) is 7.76. The first kappa shape index (κ1) is 13.2. The van der Waals surface area contributed by atoms with E-state index in [1.807, 2.05) is 12.3 Å². The Morgan fingerprint density at radius 2 is 2.00 bits per heavy atom. The maximum atomic E-state index is 5.76. The average molecular weight is 264 g/mol. The quantitative estimate of drug-likeness (QED) is 0.832. The number of nitrogens with zero attached hydrogens (tertiary/aromatic N) is 3. The number of hydrogen-bond donors (Lipinski definition) is 1. The number of anilines is 1. The number of piperazine rings is 1. The summed E-state index contributed by atoms with van der Waals surface area (Å²) < 4.78 is 0. The van der Waals surface area contributed by atoms with E-state index in [4.69, 9.17) is 18.0 Å². The van der Waals surface area contributed by atoms with E-state index in [0.29, 0.717) is 11.0 Å². The molecule has 5 heteroatoms. The van der Waals surface area contributed by atoms with Crippen molar-refractivity contribution >= 4 is 22.9 Å². The van der Waals surface area contributed by atoms with Crippen LogP contribution in [-0.4, -0.2) is 47.1 Å². The van der Waals surface area contributed by atoms with Gasteiger partial charge in [-0.25, -0.2) is 0 Å². The number of aromatic nitrogens is 1. The van der Waals surface area contributed by atoms with Crippen molar-refractivity contribution < 1.29 is 0 Å². The monoisotopic (exact) mass is 264 g/mol. The maximum Gasteiger partial charge on any atom is 0.106 e. The summed E-state index contributed by atoms with van der Waals surface area (Å²) in [4.78, 5) is 9.43. The summed E-state index contributed by atoms with van der Waals surface area (Å²) in [6, 6.07) is 2.50. The highest BCUT2D eigenvalue weighted by atomic mass is 32.1. The smallest absolute Gasteiger partial charge is 0.106 e. The van der Waals surface area contributed by atoms with E-state index in [1.54, 1.807) is 6.20 Å². The number of rotatable bonds is 3. The van der Waals surface area contributed by atoms with Gasteiger partial charge in [-0.05, 0) is 19.9 Å². The van der Waals surface area contributed by atoms with E-state index >= 15 is 0 Å². The van der Waals surface area contributed by atoms with Crippen molar-refractivity contribution in [3.63, 3.8) is 0 Å². The molecule has 1 saturated heterocycles. The zero-order valence-corrected chi connectivity index (χ0v) is 11.8. The SMILES string of the molecule is CC(C)N1CCN(c2cnccc2C(N)=S)CC1. The van der Waals surface area contributed by atoms with Gasteiger partial charge in [0.15, 0.2) is 0 Å². The van der Waals surface area contributed by atoms with Gasteiger partial charge in [0.1, 0.15) is 4.99 Å². The van der Waals surface area contributed by atoms with Gasteiger partial charge in [0.05, 0.1) is 11.9 Å². The largest absolute Gasteiger partial charge is 0.389 e. The summed E-state index contributed by atoms with van der Waals surface area (Å²) in [5.74, 6) is 0. The molecule has 2 rings (SSSR count). The maximum absolute atomic E-state index is 5.76. The Kier molecular flexibility index (Phi) is 4.14. The minimum atomic E-state index is 0.443. The van der Waals surface area contributed by atoms with Gasteiger partial charge in [0.25, 0.3) is 0 Å². The number of hydrogen-bond acceptors (Lipinski definition) is 4. The molecule has 0 aliphatic carbocycles. The minimum absolute atomic E-state index is 0.443. The second-order valence-electron chi connectivity index (χ2n) is 4.87. The Bertz CT molecular complexity index is 425. The lowest BCUT2D eigenvalue weighted by molar-refractivity contribution is 0.209. The van der Waals surface area contributed by atoms with Gasteiger partial charge < -0.3 is 10.6 Å². The van der Waals surface area contributed by atoms with Crippen molar-refractivity contribution in [2.24, 2.45) is 5.73 Å². The van der Waals surface area contributed by atoms with Crippen LogP contribution < -0.4 is 10.6 Å². The molecule has 0 amide bonds. The zero-order valence-electron chi connectivity index (χ0n) is 11.0. The highest BCUT2D eigenvalue weighted by Crippen LogP contribution is 2.21. The molecule has 18 heavy (non-hydrogen) atoms. The van der Waals surface area contributed by atoms with Crippen molar-refractivity contribution in [3.8, 4) is 0 Å². The van der Waals surface area contributed by atoms with Crippen molar-refractivity contribution in [3.05, 3.63) is 24.0 Å². The second-order valence-corrected chi connectivity index (χ2v) is 5.31. The molecule has 1 aromatic heterocycles. The van der Waals surface area contributed by atoms with E-state index in [2.05, 4.69) is 28.6 Å². The van der Waals surface area contributed by atoms with Crippen LogP contribution in [-0.2, 0) is 0 Å². The molecule has 0 aromatic carbocycles. The Morgan fingerprint density at radius 3 is 2.56 bits per heavy atom. The molecule has 0 unspecified atom stereocenters. The van der Waals surface area contributed by atoms with E-state index in [9.17, 15) is 0 Å². The topological polar surface area (TPSA) is 45.4 Å². The first-order chi connectivity index (χ1) is 8.59. The third-order valence-corrected chi connectivity index (χ3v) is 3.67.